The maximum atomic E-state index is 12.2. The van der Waals surface area contributed by atoms with Crippen LogP contribution in [0.5, 0.6) is 0 Å². The van der Waals surface area contributed by atoms with Crippen LogP contribution in [0.4, 0.5) is 19.1 Å². The molecule has 0 amide bonds. The van der Waals surface area contributed by atoms with Crippen molar-refractivity contribution in [1.82, 2.24) is 15.3 Å². The Morgan fingerprint density at radius 1 is 1.29 bits per heavy atom. The first-order chi connectivity index (χ1) is 7.97. The number of halogens is 3. The molecule has 0 fully saturated rings. The summed E-state index contributed by atoms with van der Waals surface area (Å²) in [6.45, 7) is 2.58. The lowest BCUT2D eigenvalue weighted by atomic mass is 10.2. The molecule has 0 bridgehead atoms. The highest BCUT2D eigenvalue weighted by Gasteiger charge is 2.31. The van der Waals surface area contributed by atoms with Crippen LogP contribution in [0.1, 0.15) is 18.9 Å². The smallest absolute Gasteiger partial charge is 0.353 e. The molecule has 7 heteroatoms. The van der Waals surface area contributed by atoms with Crippen LogP contribution >= 0.6 is 0 Å². The van der Waals surface area contributed by atoms with Crippen LogP contribution in [0.2, 0.25) is 0 Å². The van der Waals surface area contributed by atoms with Gasteiger partial charge in [-0.15, -0.1) is 0 Å². The minimum atomic E-state index is -4.39. The van der Waals surface area contributed by atoms with Gasteiger partial charge in [-0.25, -0.2) is 9.97 Å². The summed E-state index contributed by atoms with van der Waals surface area (Å²) in [5, 5.41) is 5.93. The summed E-state index contributed by atoms with van der Waals surface area (Å²) >= 11 is 0. The molecule has 0 saturated carbocycles. The molecule has 4 nitrogen and oxygen atoms in total. The molecule has 0 aromatic carbocycles. The molecule has 1 atom stereocenters. The van der Waals surface area contributed by atoms with E-state index < -0.39 is 11.7 Å². The molecular formula is C10H15F3N4. The molecule has 1 rings (SSSR count). The molecule has 2 N–H and O–H groups in total. The highest BCUT2D eigenvalue weighted by Crippen LogP contribution is 2.27. The molecule has 0 aliphatic heterocycles. The van der Waals surface area contributed by atoms with Gasteiger partial charge in [-0.1, -0.05) is 6.92 Å². The number of hydrogen-bond acceptors (Lipinski definition) is 4. The molecule has 17 heavy (non-hydrogen) atoms. The second kappa shape index (κ2) is 5.81. The van der Waals surface area contributed by atoms with Gasteiger partial charge in [0.15, 0.2) is 0 Å². The summed E-state index contributed by atoms with van der Waals surface area (Å²) < 4.78 is 36.7. The van der Waals surface area contributed by atoms with E-state index in [4.69, 9.17) is 0 Å². The zero-order chi connectivity index (χ0) is 12.9. The van der Waals surface area contributed by atoms with Gasteiger partial charge in [0.05, 0.1) is 5.56 Å². The maximum Gasteiger partial charge on any atom is 0.419 e. The molecule has 0 aliphatic rings. The van der Waals surface area contributed by atoms with Gasteiger partial charge in [0.25, 0.3) is 0 Å². The number of nitrogens with zero attached hydrogens (tertiary/aromatic N) is 2. The number of anilines is 1. The van der Waals surface area contributed by atoms with Crippen molar-refractivity contribution in [3.63, 3.8) is 0 Å². The number of nitrogens with one attached hydrogen (secondary N) is 2. The zero-order valence-corrected chi connectivity index (χ0v) is 9.67. The highest BCUT2D eigenvalue weighted by molar-refractivity contribution is 5.25. The van der Waals surface area contributed by atoms with Crippen LogP contribution in [0, 0.1) is 0 Å². The van der Waals surface area contributed by atoms with Gasteiger partial charge in [-0.05, 0) is 13.5 Å². The summed E-state index contributed by atoms with van der Waals surface area (Å²) in [4.78, 5) is 7.23. The summed E-state index contributed by atoms with van der Waals surface area (Å²) in [6.07, 6.45) is -1.94. The normalized spacial score (nSPS) is 13.5. The van der Waals surface area contributed by atoms with Crippen molar-refractivity contribution in [2.75, 3.05) is 18.9 Å². The standard InChI is InChI=1S/C10H15F3N4/c1-3-8(14-2)6-17-9-15-4-7(5-16-9)10(11,12)13/h4-5,8,14H,3,6H2,1-2H3,(H,15,16,17). The van der Waals surface area contributed by atoms with Gasteiger partial charge < -0.3 is 10.6 Å². The van der Waals surface area contributed by atoms with Gasteiger partial charge in [0, 0.05) is 25.0 Å². The third kappa shape index (κ3) is 4.18. The van der Waals surface area contributed by atoms with E-state index in [9.17, 15) is 13.2 Å². The fourth-order valence-corrected chi connectivity index (χ4v) is 1.23. The van der Waals surface area contributed by atoms with Crippen LogP contribution in [-0.4, -0.2) is 29.6 Å². The average Bonchev–Trinajstić information content (AvgIpc) is 2.30. The minimum Gasteiger partial charge on any atom is -0.353 e. The Morgan fingerprint density at radius 2 is 1.88 bits per heavy atom. The number of likely N-dealkylation sites (N-methyl/N-ethyl adjacent to an activating group) is 1. The Balaban J connectivity index is 2.57. The van der Waals surface area contributed by atoms with E-state index in [-0.39, 0.29) is 12.0 Å². The molecule has 1 aromatic heterocycles. The van der Waals surface area contributed by atoms with Crippen LogP contribution in [-0.2, 0) is 6.18 Å². The van der Waals surface area contributed by atoms with Gasteiger partial charge in [0.1, 0.15) is 0 Å². The van der Waals surface area contributed by atoms with Crippen molar-refractivity contribution >= 4 is 5.95 Å². The van der Waals surface area contributed by atoms with Crippen molar-refractivity contribution < 1.29 is 13.2 Å². The van der Waals surface area contributed by atoms with Gasteiger partial charge in [-0.2, -0.15) is 13.2 Å². The quantitative estimate of drug-likeness (QED) is 0.835. The molecule has 96 valence electrons. The van der Waals surface area contributed by atoms with Crippen molar-refractivity contribution in [2.45, 2.75) is 25.6 Å². The number of aromatic nitrogens is 2. The Labute approximate surface area is 97.7 Å². The van der Waals surface area contributed by atoms with Gasteiger partial charge >= 0.3 is 6.18 Å². The SMILES string of the molecule is CCC(CNc1ncc(C(F)(F)F)cn1)NC. The first-order valence-electron chi connectivity index (χ1n) is 5.27. The van der Waals surface area contributed by atoms with E-state index >= 15 is 0 Å². The molecular weight excluding hydrogens is 233 g/mol. The summed E-state index contributed by atoms with van der Waals surface area (Å²) in [6, 6.07) is 0.237. The summed E-state index contributed by atoms with van der Waals surface area (Å²) in [5.41, 5.74) is -0.844. The van der Waals surface area contributed by atoms with Crippen LogP contribution in [0.15, 0.2) is 12.4 Å². The molecule has 0 spiro atoms. The molecule has 1 unspecified atom stereocenters. The second-order valence-electron chi connectivity index (χ2n) is 3.57. The maximum absolute atomic E-state index is 12.2. The monoisotopic (exact) mass is 248 g/mol. The fourth-order valence-electron chi connectivity index (χ4n) is 1.23. The Hall–Kier alpha value is -1.37. The molecule has 0 saturated heterocycles. The van der Waals surface area contributed by atoms with E-state index in [0.29, 0.717) is 6.54 Å². The van der Waals surface area contributed by atoms with Crippen LogP contribution in [0.3, 0.4) is 0 Å². The second-order valence-corrected chi connectivity index (χ2v) is 3.57. The van der Waals surface area contributed by atoms with Gasteiger partial charge in [0.2, 0.25) is 5.95 Å². The number of alkyl halides is 3. The van der Waals surface area contributed by atoms with Crippen LogP contribution in [0.25, 0.3) is 0 Å². The molecule has 0 radical (unpaired) electrons. The van der Waals surface area contributed by atoms with Crippen LogP contribution < -0.4 is 10.6 Å². The van der Waals surface area contributed by atoms with E-state index in [0.717, 1.165) is 18.8 Å². The van der Waals surface area contributed by atoms with E-state index in [1.54, 1.807) is 0 Å². The summed E-state index contributed by atoms with van der Waals surface area (Å²) in [5.74, 6) is 0.201. The minimum absolute atomic E-state index is 0.201. The van der Waals surface area contributed by atoms with Crippen molar-refractivity contribution in [3.05, 3.63) is 18.0 Å². The predicted molar refractivity (Wildman–Crippen MR) is 58.7 cm³/mol. The van der Waals surface area contributed by atoms with E-state index in [1.807, 2.05) is 14.0 Å². The molecule has 0 aliphatic carbocycles. The summed E-state index contributed by atoms with van der Waals surface area (Å²) in [7, 11) is 1.82. The van der Waals surface area contributed by atoms with Crippen molar-refractivity contribution in [3.8, 4) is 0 Å². The van der Waals surface area contributed by atoms with Crippen molar-refractivity contribution in [2.24, 2.45) is 0 Å². The largest absolute Gasteiger partial charge is 0.419 e. The van der Waals surface area contributed by atoms with E-state index in [1.165, 1.54) is 0 Å². The molecule has 1 heterocycles. The first kappa shape index (κ1) is 13.7. The molecule has 1 aromatic rings. The number of hydrogen-bond donors (Lipinski definition) is 2. The fraction of sp³-hybridized carbons (Fsp3) is 0.600. The lowest BCUT2D eigenvalue weighted by Gasteiger charge is -2.14. The lowest BCUT2D eigenvalue weighted by Crippen LogP contribution is -2.32. The Bertz CT molecular complexity index is 332. The Morgan fingerprint density at radius 3 is 2.29 bits per heavy atom. The van der Waals surface area contributed by atoms with Crippen molar-refractivity contribution in [1.29, 1.82) is 0 Å². The highest BCUT2D eigenvalue weighted by atomic mass is 19.4. The predicted octanol–water partition coefficient (Wildman–Crippen LogP) is 1.91. The third-order valence-electron chi connectivity index (χ3n) is 2.39. The van der Waals surface area contributed by atoms with Gasteiger partial charge in [-0.3, -0.25) is 0 Å². The number of rotatable bonds is 5. The zero-order valence-electron chi connectivity index (χ0n) is 9.67. The Kier molecular flexibility index (Phi) is 4.68. The first-order valence-corrected chi connectivity index (χ1v) is 5.27. The van der Waals surface area contributed by atoms with E-state index in [2.05, 4.69) is 20.6 Å². The topological polar surface area (TPSA) is 49.8 Å². The average molecular weight is 248 g/mol. The lowest BCUT2D eigenvalue weighted by molar-refractivity contribution is -0.138. The third-order valence-corrected chi connectivity index (χ3v) is 2.39.